The quantitative estimate of drug-likeness (QED) is 0.493. The van der Waals surface area contributed by atoms with Crippen LogP contribution in [0.25, 0.3) is 0 Å². The van der Waals surface area contributed by atoms with Gasteiger partial charge in [-0.25, -0.2) is 0 Å². The van der Waals surface area contributed by atoms with Gasteiger partial charge in [0.1, 0.15) is 0 Å². The number of para-hydroxylation sites is 2. The van der Waals surface area contributed by atoms with Crippen molar-refractivity contribution in [1.82, 2.24) is 0 Å². The Morgan fingerprint density at radius 1 is 0.864 bits per heavy atom. The number of aliphatic hydroxyl groups is 2. The number of rotatable bonds is 5. The van der Waals surface area contributed by atoms with Crippen LogP contribution >= 0.6 is 0 Å². The highest BCUT2D eigenvalue weighted by atomic mass is 16.6. The molecular weight excluding hydrogens is 292 g/mol. The number of nitro benzene ring substituents is 2. The fourth-order valence-electron chi connectivity index (χ4n) is 2.17. The summed E-state index contributed by atoms with van der Waals surface area (Å²) in [4.78, 5) is 20.5. The minimum absolute atomic E-state index is 0.0654. The van der Waals surface area contributed by atoms with Gasteiger partial charge < -0.3 is 10.2 Å². The molecule has 114 valence electrons. The summed E-state index contributed by atoms with van der Waals surface area (Å²) < 4.78 is 0. The third-order valence-electron chi connectivity index (χ3n) is 3.16. The van der Waals surface area contributed by atoms with Crippen molar-refractivity contribution in [3.8, 4) is 0 Å². The molecule has 0 saturated carbocycles. The largest absolute Gasteiger partial charge is 0.361 e. The summed E-state index contributed by atoms with van der Waals surface area (Å²) >= 11 is 0. The van der Waals surface area contributed by atoms with Gasteiger partial charge in [-0.3, -0.25) is 20.2 Å². The van der Waals surface area contributed by atoms with Crippen LogP contribution in [0, 0.1) is 20.2 Å². The first-order valence-corrected chi connectivity index (χ1v) is 6.24. The van der Waals surface area contributed by atoms with Gasteiger partial charge in [0.05, 0.1) is 15.4 Å². The predicted octanol–water partition coefficient (Wildman–Crippen LogP) is 1.88. The number of benzene rings is 2. The Hall–Kier alpha value is -2.84. The van der Waals surface area contributed by atoms with Crippen molar-refractivity contribution in [1.29, 1.82) is 0 Å². The first-order chi connectivity index (χ1) is 10.3. The van der Waals surface area contributed by atoms with Crippen molar-refractivity contribution in [3.05, 3.63) is 79.9 Å². The lowest BCUT2D eigenvalue weighted by atomic mass is 9.95. The second kappa shape index (κ2) is 5.88. The number of nitrogens with zero attached hydrogens (tertiary/aromatic N) is 2. The molecule has 2 aromatic rings. The van der Waals surface area contributed by atoms with Crippen LogP contribution in [-0.2, 0) is 12.2 Å². The van der Waals surface area contributed by atoms with E-state index >= 15 is 0 Å². The third-order valence-corrected chi connectivity index (χ3v) is 3.16. The fourth-order valence-corrected chi connectivity index (χ4v) is 2.17. The van der Waals surface area contributed by atoms with Crippen LogP contribution in [0.2, 0.25) is 0 Å². The molecule has 0 atom stereocenters. The zero-order chi connectivity index (χ0) is 16.3. The van der Waals surface area contributed by atoms with Crippen LogP contribution in [0.15, 0.2) is 48.5 Å². The summed E-state index contributed by atoms with van der Waals surface area (Å²) in [6.07, 6.45) is -0.547. The topological polar surface area (TPSA) is 127 Å². The average molecular weight is 304 g/mol. The molecular formula is C14H12N2O6. The maximum absolute atomic E-state index is 11.0. The molecule has 2 N–H and O–H groups in total. The second-order valence-corrected chi connectivity index (χ2v) is 4.65. The summed E-state index contributed by atoms with van der Waals surface area (Å²) in [5.41, 5.74) is -1.01. The van der Waals surface area contributed by atoms with Gasteiger partial charge in [-0.15, -0.1) is 0 Å². The monoisotopic (exact) mass is 304 g/mol. The van der Waals surface area contributed by atoms with E-state index < -0.39 is 27.7 Å². The van der Waals surface area contributed by atoms with Crippen molar-refractivity contribution in [2.75, 3.05) is 0 Å². The normalized spacial score (nSPS) is 11.2. The maximum Gasteiger partial charge on any atom is 0.278 e. The van der Waals surface area contributed by atoms with Gasteiger partial charge in [-0.2, -0.15) is 0 Å². The first kappa shape index (κ1) is 15.5. The Balaban J connectivity index is 2.45. The van der Waals surface area contributed by atoms with Crippen LogP contribution in [-0.4, -0.2) is 20.1 Å². The molecule has 0 saturated heterocycles. The molecule has 0 aliphatic rings. The fraction of sp³-hybridized carbons (Fsp3) is 0.143. The van der Waals surface area contributed by atoms with Crippen LogP contribution in [0.1, 0.15) is 11.1 Å². The zero-order valence-corrected chi connectivity index (χ0v) is 11.2. The lowest BCUT2D eigenvalue weighted by molar-refractivity contribution is -0.389. The molecule has 0 aliphatic carbocycles. The van der Waals surface area contributed by atoms with Gasteiger partial charge in [0, 0.05) is 24.1 Å². The Morgan fingerprint density at radius 2 is 1.36 bits per heavy atom. The van der Waals surface area contributed by atoms with Gasteiger partial charge in [0.15, 0.2) is 0 Å². The van der Waals surface area contributed by atoms with Gasteiger partial charge in [0.25, 0.3) is 11.4 Å². The zero-order valence-electron chi connectivity index (χ0n) is 11.2. The molecule has 0 bridgehead atoms. The molecule has 22 heavy (non-hydrogen) atoms. The number of nitro groups is 2. The van der Waals surface area contributed by atoms with E-state index in [1.807, 2.05) is 0 Å². The van der Waals surface area contributed by atoms with Crippen LogP contribution in [0.5, 0.6) is 0 Å². The number of hydrogen-bond acceptors (Lipinski definition) is 6. The molecule has 0 spiro atoms. The van der Waals surface area contributed by atoms with E-state index in [0.29, 0.717) is 0 Å². The van der Waals surface area contributed by atoms with Crippen LogP contribution in [0.3, 0.4) is 0 Å². The molecule has 0 heterocycles. The molecule has 0 aromatic heterocycles. The molecule has 0 amide bonds. The molecule has 0 unspecified atom stereocenters. The third kappa shape index (κ3) is 3.08. The Bertz CT molecular complexity index is 729. The summed E-state index contributed by atoms with van der Waals surface area (Å²) in [7, 11) is 0. The molecule has 0 fully saturated rings. The molecule has 2 aromatic carbocycles. The Morgan fingerprint density at radius 3 is 1.95 bits per heavy atom. The van der Waals surface area contributed by atoms with Gasteiger partial charge >= 0.3 is 0 Å². The van der Waals surface area contributed by atoms with E-state index in [1.165, 1.54) is 42.5 Å². The maximum atomic E-state index is 11.0. The highest BCUT2D eigenvalue weighted by Gasteiger charge is 2.35. The Labute approximate surface area is 124 Å². The van der Waals surface area contributed by atoms with Gasteiger partial charge in [-0.1, -0.05) is 30.3 Å². The highest BCUT2D eigenvalue weighted by Crippen LogP contribution is 2.32. The highest BCUT2D eigenvalue weighted by molar-refractivity contribution is 5.46. The smallest absolute Gasteiger partial charge is 0.278 e. The summed E-state index contributed by atoms with van der Waals surface area (Å²) in [5.74, 6) is -2.60. The van der Waals surface area contributed by atoms with E-state index in [2.05, 4.69) is 0 Å². The van der Waals surface area contributed by atoms with Crippen molar-refractivity contribution in [3.63, 3.8) is 0 Å². The van der Waals surface area contributed by atoms with Crippen molar-refractivity contribution in [2.45, 2.75) is 12.2 Å². The van der Waals surface area contributed by atoms with E-state index in [9.17, 15) is 30.4 Å². The van der Waals surface area contributed by atoms with Gasteiger partial charge in [-0.05, 0) is 6.07 Å². The second-order valence-electron chi connectivity index (χ2n) is 4.65. The van der Waals surface area contributed by atoms with E-state index in [-0.39, 0.29) is 16.8 Å². The molecule has 8 nitrogen and oxygen atoms in total. The Kier molecular flexibility index (Phi) is 4.15. The van der Waals surface area contributed by atoms with Crippen molar-refractivity contribution < 1.29 is 20.1 Å². The summed E-state index contributed by atoms with van der Waals surface area (Å²) in [5, 5.41) is 42.3. The van der Waals surface area contributed by atoms with Crippen LogP contribution in [0.4, 0.5) is 11.4 Å². The lowest BCUT2D eigenvalue weighted by Crippen LogP contribution is -2.29. The van der Waals surface area contributed by atoms with Crippen LogP contribution < -0.4 is 0 Å². The van der Waals surface area contributed by atoms with E-state index in [0.717, 1.165) is 6.07 Å². The molecule has 0 aliphatic heterocycles. The number of hydrogen-bond donors (Lipinski definition) is 2. The molecule has 8 heteroatoms. The predicted molar refractivity (Wildman–Crippen MR) is 76.0 cm³/mol. The summed E-state index contributed by atoms with van der Waals surface area (Å²) in [6.45, 7) is 0. The van der Waals surface area contributed by atoms with Crippen molar-refractivity contribution in [2.24, 2.45) is 0 Å². The molecule has 2 rings (SSSR count). The average Bonchev–Trinajstić information content (AvgIpc) is 2.47. The van der Waals surface area contributed by atoms with E-state index in [4.69, 9.17) is 0 Å². The standard InChI is InChI=1S/C14H12N2O6/c17-14(18,11-6-2-4-8-13(11)16(21)22)9-10-5-1-3-7-12(10)15(19)20/h1-8,17-18H,9H2. The van der Waals surface area contributed by atoms with Gasteiger partial charge in [0.2, 0.25) is 5.79 Å². The SMILES string of the molecule is O=[N+]([O-])c1ccccc1CC(O)(O)c1ccccc1[N+](=O)[O-]. The van der Waals surface area contributed by atoms with Crippen molar-refractivity contribution >= 4 is 11.4 Å². The minimum Gasteiger partial charge on any atom is -0.361 e. The minimum atomic E-state index is -2.60. The van der Waals surface area contributed by atoms with E-state index in [1.54, 1.807) is 0 Å². The lowest BCUT2D eigenvalue weighted by Gasteiger charge is -2.21. The first-order valence-electron chi connectivity index (χ1n) is 6.24. The molecule has 0 radical (unpaired) electrons. The summed E-state index contributed by atoms with van der Waals surface area (Å²) in [6, 6.07) is 10.7.